The van der Waals surface area contributed by atoms with Gasteiger partial charge in [-0.1, -0.05) is 29.8 Å². The Kier molecular flexibility index (Phi) is 2.22. The van der Waals surface area contributed by atoms with Crippen molar-refractivity contribution in [2.75, 3.05) is 5.32 Å². The van der Waals surface area contributed by atoms with Crippen LogP contribution in [0.25, 0.3) is 5.70 Å². The Balaban J connectivity index is 1.98. The van der Waals surface area contributed by atoms with Gasteiger partial charge >= 0.3 is 0 Å². The average Bonchev–Trinajstić information content (AvgIpc) is 2.68. The minimum Gasteiger partial charge on any atom is -0.334 e. The second-order valence-electron chi connectivity index (χ2n) is 3.79. The van der Waals surface area contributed by atoms with Crippen LogP contribution in [0.5, 0.6) is 0 Å². The molecule has 0 amide bonds. The van der Waals surface area contributed by atoms with Crippen LogP contribution < -0.4 is 5.32 Å². The van der Waals surface area contributed by atoms with E-state index in [1.54, 1.807) is 6.21 Å². The highest BCUT2D eigenvalue weighted by molar-refractivity contribution is 5.93. The first kappa shape index (κ1) is 9.77. The molecule has 0 atom stereocenters. The van der Waals surface area contributed by atoms with E-state index in [0.717, 1.165) is 11.3 Å². The number of aliphatic imine (C=N–C) groups is 1. The molecule has 0 unspecified atom stereocenters. The second-order valence-corrected chi connectivity index (χ2v) is 3.79. The lowest BCUT2D eigenvalue weighted by Crippen LogP contribution is -1.98. The van der Waals surface area contributed by atoms with E-state index < -0.39 is 0 Å². The zero-order valence-electron chi connectivity index (χ0n) is 9.21. The number of allylic oxidation sites excluding steroid dienone is 1. The van der Waals surface area contributed by atoms with E-state index in [2.05, 4.69) is 44.3 Å². The van der Waals surface area contributed by atoms with Crippen LogP contribution >= 0.6 is 0 Å². The normalized spacial score (nSPS) is 13.6. The summed E-state index contributed by atoms with van der Waals surface area (Å²) in [7, 11) is 0. The zero-order valence-corrected chi connectivity index (χ0v) is 9.21. The Bertz CT molecular complexity index is 595. The number of nitrogens with one attached hydrogen (secondary N) is 1. The molecule has 0 radical (unpaired) electrons. The van der Waals surface area contributed by atoms with E-state index in [1.807, 2.05) is 18.2 Å². The third-order valence-electron chi connectivity index (χ3n) is 2.52. The van der Waals surface area contributed by atoms with Crippen LogP contribution in [-0.2, 0) is 0 Å². The molecule has 0 saturated heterocycles. The van der Waals surface area contributed by atoms with E-state index in [9.17, 15) is 0 Å². The quantitative estimate of drug-likeness (QED) is 0.811. The van der Waals surface area contributed by atoms with Crippen molar-refractivity contribution < 1.29 is 4.63 Å². The van der Waals surface area contributed by atoms with Crippen molar-refractivity contribution in [1.82, 2.24) is 10.3 Å². The van der Waals surface area contributed by atoms with Crippen LogP contribution in [0.4, 0.5) is 11.6 Å². The lowest BCUT2D eigenvalue weighted by Gasteiger charge is -2.07. The van der Waals surface area contributed by atoms with E-state index in [0.29, 0.717) is 11.6 Å². The third-order valence-corrected chi connectivity index (χ3v) is 2.52. The van der Waals surface area contributed by atoms with Gasteiger partial charge in [-0.3, -0.25) is 0 Å². The van der Waals surface area contributed by atoms with Crippen LogP contribution in [-0.4, -0.2) is 16.5 Å². The molecule has 1 aromatic carbocycles. The van der Waals surface area contributed by atoms with E-state index in [-0.39, 0.29) is 0 Å². The molecule has 5 nitrogen and oxygen atoms in total. The maximum atomic E-state index is 4.62. The van der Waals surface area contributed by atoms with Crippen molar-refractivity contribution in [2.24, 2.45) is 4.99 Å². The van der Waals surface area contributed by atoms with E-state index in [1.165, 1.54) is 5.56 Å². The lowest BCUT2D eigenvalue weighted by molar-refractivity contribution is 0.310. The predicted molar refractivity (Wildman–Crippen MR) is 65.2 cm³/mol. The first-order chi connectivity index (χ1) is 8.33. The monoisotopic (exact) mass is 226 g/mol. The Morgan fingerprint density at radius 1 is 1.12 bits per heavy atom. The lowest BCUT2D eigenvalue weighted by atomic mass is 10.1. The molecule has 17 heavy (non-hydrogen) atoms. The summed E-state index contributed by atoms with van der Waals surface area (Å²) in [6.45, 7) is 2.06. The smallest absolute Gasteiger partial charge is 0.241 e. The third kappa shape index (κ3) is 1.82. The largest absolute Gasteiger partial charge is 0.334 e. The summed E-state index contributed by atoms with van der Waals surface area (Å²) >= 11 is 0. The van der Waals surface area contributed by atoms with Gasteiger partial charge in [0.15, 0.2) is 0 Å². The van der Waals surface area contributed by atoms with Crippen molar-refractivity contribution in [3.05, 3.63) is 41.5 Å². The number of fused-ring (bicyclic) bond motifs is 1. The Labute approximate surface area is 97.8 Å². The molecule has 1 aromatic heterocycles. The molecule has 0 saturated carbocycles. The van der Waals surface area contributed by atoms with Crippen molar-refractivity contribution in [3.8, 4) is 0 Å². The summed E-state index contributed by atoms with van der Waals surface area (Å²) in [6, 6.07) is 8.20. The first-order valence-electron chi connectivity index (χ1n) is 5.24. The summed E-state index contributed by atoms with van der Waals surface area (Å²) in [5, 5.41) is 10.6. The fourth-order valence-corrected chi connectivity index (χ4v) is 1.60. The average molecular weight is 226 g/mol. The van der Waals surface area contributed by atoms with Crippen LogP contribution in [0, 0.1) is 6.92 Å². The highest BCUT2D eigenvalue weighted by atomic mass is 16.6. The van der Waals surface area contributed by atoms with Gasteiger partial charge in [0.05, 0.1) is 0 Å². The molecule has 0 spiro atoms. The molecule has 5 heteroatoms. The number of hydrogen-bond donors (Lipinski definition) is 1. The van der Waals surface area contributed by atoms with Crippen molar-refractivity contribution in [2.45, 2.75) is 6.92 Å². The minimum atomic E-state index is 0.461. The van der Waals surface area contributed by atoms with E-state index >= 15 is 0 Å². The summed E-state index contributed by atoms with van der Waals surface area (Å²) in [5.74, 6) is 0.994. The van der Waals surface area contributed by atoms with Crippen LogP contribution in [0.2, 0.25) is 0 Å². The Morgan fingerprint density at radius 3 is 2.76 bits per heavy atom. The standard InChI is InChI=1S/C12H10N4O/c1-8-2-4-9(5-3-8)10-6-7-13-11-12(14-10)16-17-15-11/h2-7H,1H3,(H,14,16). The number of anilines is 1. The van der Waals surface area contributed by atoms with Crippen molar-refractivity contribution in [3.63, 3.8) is 0 Å². The summed E-state index contributed by atoms with van der Waals surface area (Å²) < 4.78 is 4.62. The Hall–Kier alpha value is -2.43. The van der Waals surface area contributed by atoms with Gasteiger partial charge < -0.3 is 5.32 Å². The van der Waals surface area contributed by atoms with Gasteiger partial charge in [0.2, 0.25) is 11.6 Å². The van der Waals surface area contributed by atoms with E-state index in [4.69, 9.17) is 0 Å². The molecule has 2 heterocycles. The zero-order chi connectivity index (χ0) is 11.7. The SMILES string of the molecule is Cc1ccc(C2=CC=Nc3nonc3N2)cc1. The number of aromatic nitrogens is 2. The van der Waals surface area contributed by atoms with Crippen LogP contribution in [0.1, 0.15) is 11.1 Å². The topological polar surface area (TPSA) is 63.3 Å². The number of aryl methyl sites for hydroxylation is 1. The van der Waals surface area contributed by atoms with Gasteiger partial charge in [-0.25, -0.2) is 9.62 Å². The van der Waals surface area contributed by atoms with Crippen molar-refractivity contribution >= 4 is 23.5 Å². The highest BCUT2D eigenvalue weighted by Gasteiger charge is 2.13. The molecule has 2 aromatic rings. The number of benzene rings is 1. The van der Waals surface area contributed by atoms with Gasteiger partial charge in [-0.2, -0.15) is 0 Å². The Morgan fingerprint density at radius 2 is 1.94 bits per heavy atom. The molecule has 0 aliphatic carbocycles. The molecule has 3 rings (SSSR count). The molecular weight excluding hydrogens is 216 g/mol. The summed E-state index contributed by atoms with van der Waals surface area (Å²) in [6.07, 6.45) is 3.56. The van der Waals surface area contributed by atoms with Gasteiger partial charge in [0, 0.05) is 11.9 Å². The maximum absolute atomic E-state index is 4.62. The van der Waals surface area contributed by atoms with Crippen LogP contribution in [0.3, 0.4) is 0 Å². The number of hydrogen-bond acceptors (Lipinski definition) is 5. The molecule has 1 aliphatic rings. The first-order valence-corrected chi connectivity index (χ1v) is 5.24. The molecule has 84 valence electrons. The van der Waals surface area contributed by atoms with Gasteiger partial charge in [-0.05, 0) is 28.9 Å². The van der Waals surface area contributed by atoms with Gasteiger partial charge in [0.25, 0.3) is 0 Å². The predicted octanol–water partition coefficient (Wildman–Crippen LogP) is 2.55. The second kappa shape index (κ2) is 3.86. The molecule has 1 N–H and O–H groups in total. The van der Waals surface area contributed by atoms with Crippen LogP contribution in [0.15, 0.2) is 40.0 Å². The van der Waals surface area contributed by atoms with Gasteiger partial charge in [0.1, 0.15) is 0 Å². The fraction of sp³-hybridized carbons (Fsp3) is 0.0833. The highest BCUT2D eigenvalue weighted by Crippen LogP contribution is 2.26. The fourth-order valence-electron chi connectivity index (χ4n) is 1.60. The minimum absolute atomic E-state index is 0.461. The molecule has 1 aliphatic heterocycles. The number of nitrogens with zero attached hydrogens (tertiary/aromatic N) is 3. The summed E-state index contributed by atoms with van der Waals surface area (Å²) in [4.78, 5) is 4.11. The molecule has 0 bridgehead atoms. The number of rotatable bonds is 1. The molecular formula is C12H10N4O. The van der Waals surface area contributed by atoms with Gasteiger partial charge in [-0.15, -0.1) is 0 Å². The maximum Gasteiger partial charge on any atom is 0.241 e. The molecule has 0 fully saturated rings. The van der Waals surface area contributed by atoms with Crippen molar-refractivity contribution in [1.29, 1.82) is 0 Å². The summed E-state index contributed by atoms with van der Waals surface area (Å²) in [5.41, 5.74) is 3.21.